The number of aryl methyl sites for hydroxylation is 1. The van der Waals surface area contributed by atoms with Crippen LogP contribution in [0.1, 0.15) is 32.8 Å². The lowest BCUT2D eigenvalue weighted by atomic mass is 10.1. The molecule has 2 aromatic heterocycles. The van der Waals surface area contributed by atoms with E-state index in [1.807, 2.05) is 26.1 Å². The maximum Gasteiger partial charge on any atom is 0.139 e. The van der Waals surface area contributed by atoms with Crippen molar-refractivity contribution in [1.29, 1.82) is 0 Å². The summed E-state index contributed by atoms with van der Waals surface area (Å²) in [7, 11) is 0. The molecule has 1 N–H and O–H groups in total. The van der Waals surface area contributed by atoms with Crippen molar-refractivity contribution in [1.82, 2.24) is 9.97 Å². The summed E-state index contributed by atoms with van der Waals surface area (Å²) in [5.74, 6) is 0. The molecule has 0 bridgehead atoms. The summed E-state index contributed by atoms with van der Waals surface area (Å²) in [6.07, 6.45) is 5.88. The zero-order valence-corrected chi connectivity index (χ0v) is 10.2. The van der Waals surface area contributed by atoms with Crippen molar-refractivity contribution in [2.75, 3.05) is 0 Å². The van der Waals surface area contributed by atoms with Crippen LogP contribution in [0.5, 0.6) is 0 Å². The molecule has 2 rings (SSSR count). The molecule has 2 nitrogen and oxygen atoms in total. The van der Waals surface area contributed by atoms with Crippen LogP contribution in [-0.2, 0) is 6.42 Å². The maximum absolute atomic E-state index is 6.08. The van der Waals surface area contributed by atoms with Crippen LogP contribution in [0.2, 0.25) is 5.02 Å². The van der Waals surface area contributed by atoms with Gasteiger partial charge in [-0.3, -0.25) is 0 Å². The minimum absolute atomic E-state index is 0.787. The Morgan fingerprint density at radius 1 is 1.40 bits per heavy atom. The number of hydrogen-bond donors (Lipinski definition) is 1. The van der Waals surface area contributed by atoms with Crippen LogP contribution in [0.25, 0.3) is 11.0 Å². The molecule has 0 aliphatic carbocycles. The summed E-state index contributed by atoms with van der Waals surface area (Å²) in [4.78, 5) is 7.32. The van der Waals surface area contributed by atoms with Gasteiger partial charge in [0.25, 0.3) is 0 Å². The summed E-state index contributed by atoms with van der Waals surface area (Å²) >= 11 is 6.08. The van der Waals surface area contributed by atoms with Crippen LogP contribution < -0.4 is 0 Å². The quantitative estimate of drug-likeness (QED) is 0.814. The van der Waals surface area contributed by atoms with Gasteiger partial charge in [-0.15, -0.1) is 0 Å². The minimum Gasteiger partial charge on any atom is -0.346 e. The van der Waals surface area contributed by atoms with Gasteiger partial charge in [-0.1, -0.05) is 38.8 Å². The van der Waals surface area contributed by atoms with Crippen molar-refractivity contribution in [3.05, 3.63) is 29.0 Å². The average Bonchev–Trinajstić information content (AvgIpc) is 2.67. The van der Waals surface area contributed by atoms with E-state index in [0.29, 0.717) is 0 Å². The van der Waals surface area contributed by atoms with Crippen LogP contribution >= 0.6 is 11.6 Å². The third-order valence-corrected chi connectivity index (χ3v) is 2.44. The van der Waals surface area contributed by atoms with Crippen LogP contribution in [-0.4, -0.2) is 9.97 Å². The van der Waals surface area contributed by atoms with Crippen molar-refractivity contribution < 1.29 is 0 Å². The molecule has 0 spiro atoms. The minimum atomic E-state index is 0.787. The largest absolute Gasteiger partial charge is 0.346 e. The second kappa shape index (κ2) is 5.76. The van der Waals surface area contributed by atoms with Crippen molar-refractivity contribution in [3.8, 4) is 0 Å². The van der Waals surface area contributed by atoms with E-state index >= 15 is 0 Å². The number of pyridine rings is 1. The Balaban J connectivity index is 0.000000531. The fourth-order valence-electron chi connectivity index (χ4n) is 1.55. The molecule has 2 heterocycles. The van der Waals surface area contributed by atoms with E-state index in [9.17, 15) is 0 Å². The molecule has 0 fully saturated rings. The molecule has 0 radical (unpaired) electrons. The third kappa shape index (κ3) is 2.51. The third-order valence-electron chi connectivity index (χ3n) is 2.12. The van der Waals surface area contributed by atoms with Crippen LogP contribution in [0.15, 0.2) is 18.5 Å². The molecule has 3 heteroatoms. The van der Waals surface area contributed by atoms with Crippen molar-refractivity contribution in [2.45, 2.75) is 33.6 Å². The van der Waals surface area contributed by atoms with Gasteiger partial charge in [-0.2, -0.15) is 0 Å². The van der Waals surface area contributed by atoms with Crippen LogP contribution in [0, 0.1) is 0 Å². The molecule has 0 aliphatic heterocycles. The van der Waals surface area contributed by atoms with E-state index < -0.39 is 0 Å². The summed E-state index contributed by atoms with van der Waals surface area (Å²) in [5.41, 5.74) is 2.14. The predicted molar refractivity (Wildman–Crippen MR) is 66.4 cm³/mol. The lowest BCUT2D eigenvalue weighted by molar-refractivity contribution is 0.929. The number of H-pyrrole nitrogens is 1. The fourth-order valence-corrected chi connectivity index (χ4v) is 1.81. The van der Waals surface area contributed by atoms with Crippen LogP contribution in [0.4, 0.5) is 0 Å². The van der Waals surface area contributed by atoms with Gasteiger partial charge in [0.05, 0.1) is 5.02 Å². The molecule has 2 aromatic rings. The molecule has 0 atom stereocenters. The van der Waals surface area contributed by atoms with E-state index in [-0.39, 0.29) is 0 Å². The molecular weight excluding hydrogens is 208 g/mol. The summed E-state index contributed by atoms with van der Waals surface area (Å²) < 4.78 is 0. The van der Waals surface area contributed by atoms with E-state index in [0.717, 1.165) is 28.9 Å². The van der Waals surface area contributed by atoms with Crippen molar-refractivity contribution >= 4 is 22.6 Å². The first kappa shape index (κ1) is 12.1. The van der Waals surface area contributed by atoms with Crippen molar-refractivity contribution in [2.24, 2.45) is 0 Å². The molecule has 0 aliphatic rings. The number of rotatable bonds is 2. The number of aromatic amines is 1. The smallest absolute Gasteiger partial charge is 0.139 e. The van der Waals surface area contributed by atoms with E-state index in [1.54, 1.807) is 6.20 Å². The van der Waals surface area contributed by atoms with Gasteiger partial charge in [0.1, 0.15) is 5.65 Å². The molecule has 0 aromatic carbocycles. The highest BCUT2D eigenvalue weighted by Gasteiger charge is 2.06. The molecule has 0 unspecified atom stereocenters. The predicted octanol–water partition coefficient (Wildman–Crippen LogP) is 4.20. The zero-order valence-electron chi connectivity index (χ0n) is 9.47. The van der Waals surface area contributed by atoms with E-state index in [4.69, 9.17) is 11.6 Å². The van der Waals surface area contributed by atoms with Crippen molar-refractivity contribution in [3.63, 3.8) is 0 Å². The first-order valence-electron chi connectivity index (χ1n) is 5.43. The molecule has 15 heavy (non-hydrogen) atoms. The lowest BCUT2D eigenvalue weighted by Crippen LogP contribution is -1.81. The highest BCUT2D eigenvalue weighted by molar-refractivity contribution is 6.35. The Hall–Kier alpha value is -1.02. The van der Waals surface area contributed by atoms with Gasteiger partial charge in [-0.25, -0.2) is 4.98 Å². The zero-order chi connectivity index (χ0) is 11.3. The number of nitrogens with zero attached hydrogens (tertiary/aromatic N) is 1. The lowest BCUT2D eigenvalue weighted by Gasteiger charge is -1.96. The topological polar surface area (TPSA) is 28.7 Å². The SMILES string of the molecule is CC.CCCc1c[nH]c2nccc(Cl)c12. The number of aromatic nitrogens is 2. The normalized spacial score (nSPS) is 9.87. The maximum atomic E-state index is 6.08. The first-order valence-corrected chi connectivity index (χ1v) is 5.81. The monoisotopic (exact) mass is 224 g/mol. The molecule has 0 amide bonds. The van der Waals surface area contributed by atoms with Gasteiger partial charge in [0.15, 0.2) is 0 Å². The molecular formula is C12H17ClN2. The fraction of sp³-hybridized carbons (Fsp3) is 0.417. The molecule has 0 saturated carbocycles. The Bertz CT molecular complexity index is 420. The van der Waals surface area contributed by atoms with E-state index in [2.05, 4.69) is 16.9 Å². The Labute approximate surface area is 95.7 Å². The second-order valence-corrected chi connectivity index (χ2v) is 3.49. The van der Waals surface area contributed by atoms with Gasteiger partial charge in [0.2, 0.25) is 0 Å². The van der Waals surface area contributed by atoms with Gasteiger partial charge < -0.3 is 4.98 Å². The second-order valence-electron chi connectivity index (χ2n) is 3.08. The Kier molecular flexibility index (Phi) is 4.63. The Morgan fingerprint density at radius 2 is 2.13 bits per heavy atom. The number of nitrogens with one attached hydrogen (secondary N) is 1. The van der Waals surface area contributed by atoms with E-state index in [1.165, 1.54) is 5.56 Å². The molecule has 0 saturated heterocycles. The number of halogens is 1. The highest BCUT2D eigenvalue weighted by Crippen LogP contribution is 2.25. The molecule has 82 valence electrons. The highest BCUT2D eigenvalue weighted by atomic mass is 35.5. The first-order chi connectivity index (χ1) is 7.33. The van der Waals surface area contributed by atoms with Gasteiger partial charge in [0, 0.05) is 17.8 Å². The summed E-state index contributed by atoms with van der Waals surface area (Å²) in [6.45, 7) is 6.16. The van der Waals surface area contributed by atoms with Crippen LogP contribution in [0.3, 0.4) is 0 Å². The summed E-state index contributed by atoms with van der Waals surface area (Å²) in [6, 6.07) is 1.83. The van der Waals surface area contributed by atoms with Gasteiger partial charge in [-0.05, 0) is 18.1 Å². The number of hydrogen-bond acceptors (Lipinski definition) is 1. The summed E-state index contributed by atoms with van der Waals surface area (Å²) in [5, 5.41) is 1.86. The van der Waals surface area contributed by atoms with Gasteiger partial charge >= 0.3 is 0 Å². The average molecular weight is 225 g/mol. The number of fused-ring (bicyclic) bond motifs is 1. The standard InChI is InChI=1S/C10H11ClN2.C2H6/c1-2-3-7-6-13-10-9(7)8(11)4-5-12-10;1-2/h4-6H,2-3H2,1H3,(H,12,13);1-2H3. The Morgan fingerprint density at radius 3 is 2.80 bits per heavy atom.